The van der Waals surface area contributed by atoms with Crippen molar-refractivity contribution < 1.29 is 22.6 Å². The zero-order chi connectivity index (χ0) is 12.0. The van der Waals surface area contributed by atoms with Gasteiger partial charge in [-0.15, -0.1) is 0 Å². The van der Waals surface area contributed by atoms with Crippen molar-refractivity contribution in [3.63, 3.8) is 0 Å². The largest absolute Gasteiger partial charge is 0.446 e. The summed E-state index contributed by atoms with van der Waals surface area (Å²) in [6, 6.07) is 5.33. The van der Waals surface area contributed by atoms with Gasteiger partial charge in [-0.1, -0.05) is 0 Å². The number of rotatable bonds is 0. The van der Waals surface area contributed by atoms with Gasteiger partial charge in [0.05, 0.1) is 0 Å². The lowest BCUT2D eigenvalue weighted by atomic mass is 10.2. The predicted octanol–water partition coefficient (Wildman–Crippen LogP) is 4.00. The Balaban J connectivity index is 2.17. The van der Waals surface area contributed by atoms with Gasteiger partial charge in [0.15, 0.2) is 23.1 Å². The molecule has 0 unspecified atom stereocenters. The third kappa shape index (κ3) is 1.51. The zero-order valence-corrected chi connectivity index (χ0v) is 8.34. The van der Waals surface area contributed by atoms with Crippen LogP contribution in [0.3, 0.4) is 0 Å². The number of benzene rings is 2. The van der Waals surface area contributed by atoms with Crippen molar-refractivity contribution in [3.8, 4) is 23.0 Å². The van der Waals surface area contributed by atoms with Crippen molar-refractivity contribution >= 4 is 0 Å². The quantitative estimate of drug-likeness (QED) is 0.589. The zero-order valence-electron chi connectivity index (χ0n) is 8.34. The van der Waals surface area contributed by atoms with Crippen LogP contribution in [0.4, 0.5) is 13.2 Å². The Kier molecular flexibility index (Phi) is 2.01. The summed E-state index contributed by atoms with van der Waals surface area (Å²) in [4.78, 5) is 0. The maximum Gasteiger partial charge on any atom is 0.208 e. The van der Waals surface area contributed by atoms with Crippen molar-refractivity contribution in [1.82, 2.24) is 0 Å². The first kappa shape index (κ1) is 10.0. The minimum atomic E-state index is -0.767. The van der Waals surface area contributed by atoms with Crippen molar-refractivity contribution in [1.29, 1.82) is 0 Å². The number of hydrogen-bond donors (Lipinski definition) is 0. The summed E-state index contributed by atoms with van der Waals surface area (Å²) in [5.74, 6) is -2.60. The lowest BCUT2D eigenvalue weighted by Gasteiger charge is -2.20. The normalized spacial score (nSPS) is 12.2. The number of ether oxygens (including phenoxy) is 2. The molecule has 17 heavy (non-hydrogen) atoms. The maximum atomic E-state index is 13.4. The van der Waals surface area contributed by atoms with Gasteiger partial charge in [-0.25, -0.2) is 13.2 Å². The van der Waals surface area contributed by atoms with E-state index < -0.39 is 17.5 Å². The average molecular weight is 238 g/mol. The minimum absolute atomic E-state index is 0.0157. The van der Waals surface area contributed by atoms with Gasteiger partial charge < -0.3 is 9.47 Å². The van der Waals surface area contributed by atoms with E-state index in [0.717, 1.165) is 24.3 Å². The van der Waals surface area contributed by atoms with Crippen LogP contribution in [0, 0.1) is 17.5 Å². The van der Waals surface area contributed by atoms with Crippen LogP contribution in [0.25, 0.3) is 0 Å². The van der Waals surface area contributed by atoms with E-state index in [2.05, 4.69) is 0 Å². The maximum absolute atomic E-state index is 13.4. The molecule has 0 aliphatic carbocycles. The highest BCUT2D eigenvalue weighted by molar-refractivity contribution is 5.55. The van der Waals surface area contributed by atoms with E-state index in [1.165, 1.54) is 6.07 Å². The summed E-state index contributed by atoms with van der Waals surface area (Å²) in [6.45, 7) is 0. The molecule has 1 aliphatic rings. The molecule has 2 aromatic rings. The van der Waals surface area contributed by atoms with E-state index in [4.69, 9.17) is 9.47 Å². The van der Waals surface area contributed by atoms with Crippen LogP contribution in [0.5, 0.6) is 23.0 Å². The molecule has 0 bridgehead atoms. The van der Waals surface area contributed by atoms with Crippen LogP contribution in [0.15, 0.2) is 30.3 Å². The summed E-state index contributed by atoms with van der Waals surface area (Å²) in [5, 5.41) is 0. The summed E-state index contributed by atoms with van der Waals surface area (Å²) in [7, 11) is 0. The van der Waals surface area contributed by atoms with Gasteiger partial charge in [0.25, 0.3) is 0 Å². The summed E-state index contributed by atoms with van der Waals surface area (Å²) < 4.78 is 49.9. The number of halogens is 3. The molecule has 0 atom stereocenters. The molecule has 86 valence electrons. The molecule has 2 aromatic carbocycles. The van der Waals surface area contributed by atoms with Gasteiger partial charge in [-0.05, 0) is 24.3 Å². The van der Waals surface area contributed by atoms with E-state index >= 15 is 0 Å². The Morgan fingerprint density at radius 3 is 1.94 bits per heavy atom. The van der Waals surface area contributed by atoms with E-state index in [-0.39, 0.29) is 23.0 Å². The standard InChI is InChI=1S/C12H5F3O2/c13-6-1-4-9-10(5-6)17-12-8(15)3-2-7(14)11(12)16-9/h1-5H. The summed E-state index contributed by atoms with van der Waals surface area (Å²) >= 11 is 0. The number of hydrogen-bond acceptors (Lipinski definition) is 2. The first-order chi connectivity index (χ1) is 8.15. The Morgan fingerprint density at radius 1 is 0.706 bits per heavy atom. The monoisotopic (exact) mass is 238 g/mol. The molecule has 3 rings (SSSR count). The van der Waals surface area contributed by atoms with Crippen molar-refractivity contribution in [2.75, 3.05) is 0 Å². The fourth-order valence-electron chi connectivity index (χ4n) is 1.57. The van der Waals surface area contributed by atoms with Gasteiger partial charge in [-0.2, -0.15) is 0 Å². The van der Waals surface area contributed by atoms with Gasteiger partial charge in [-0.3, -0.25) is 0 Å². The van der Waals surface area contributed by atoms with E-state index in [1.54, 1.807) is 0 Å². The molecule has 0 N–H and O–H groups in total. The molecule has 0 radical (unpaired) electrons. The van der Waals surface area contributed by atoms with Crippen LogP contribution >= 0.6 is 0 Å². The second kappa shape index (κ2) is 3.41. The fraction of sp³-hybridized carbons (Fsp3) is 0. The highest BCUT2D eigenvalue weighted by Gasteiger charge is 2.25. The van der Waals surface area contributed by atoms with Crippen molar-refractivity contribution in [3.05, 3.63) is 47.8 Å². The highest BCUT2D eigenvalue weighted by atomic mass is 19.1. The number of fused-ring (bicyclic) bond motifs is 2. The molecular formula is C12H5F3O2. The predicted molar refractivity (Wildman–Crippen MR) is 52.9 cm³/mol. The topological polar surface area (TPSA) is 18.5 Å². The highest BCUT2D eigenvalue weighted by Crippen LogP contribution is 2.47. The molecule has 2 nitrogen and oxygen atoms in total. The molecule has 0 saturated carbocycles. The molecule has 0 aromatic heterocycles. The van der Waals surface area contributed by atoms with Crippen molar-refractivity contribution in [2.45, 2.75) is 0 Å². The van der Waals surface area contributed by atoms with E-state index in [0.29, 0.717) is 0 Å². The third-order valence-electron chi connectivity index (χ3n) is 2.35. The van der Waals surface area contributed by atoms with Crippen LogP contribution in [-0.2, 0) is 0 Å². The molecule has 0 amide bonds. The molecular weight excluding hydrogens is 233 g/mol. The lowest BCUT2D eigenvalue weighted by molar-refractivity contribution is 0.324. The third-order valence-corrected chi connectivity index (χ3v) is 2.35. The molecule has 0 fully saturated rings. The lowest BCUT2D eigenvalue weighted by Crippen LogP contribution is -2.03. The van der Waals surface area contributed by atoms with Gasteiger partial charge in [0, 0.05) is 6.07 Å². The second-order valence-corrected chi connectivity index (χ2v) is 3.48. The summed E-state index contributed by atoms with van der Waals surface area (Å²) in [6.07, 6.45) is 0. The Morgan fingerprint density at radius 2 is 1.29 bits per heavy atom. The Hall–Kier alpha value is -2.17. The summed E-state index contributed by atoms with van der Waals surface area (Å²) in [5.41, 5.74) is 0. The minimum Gasteiger partial charge on any atom is -0.446 e. The van der Waals surface area contributed by atoms with Crippen LogP contribution in [0.2, 0.25) is 0 Å². The first-order valence-corrected chi connectivity index (χ1v) is 4.78. The Labute approximate surface area is 94.2 Å². The van der Waals surface area contributed by atoms with Crippen molar-refractivity contribution in [2.24, 2.45) is 0 Å². The molecule has 1 aliphatic heterocycles. The van der Waals surface area contributed by atoms with Crippen LogP contribution in [-0.4, -0.2) is 0 Å². The average Bonchev–Trinajstić information content (AvgIpc) is 2.32. The first-order valence-electron chi connectivity index (χ1n) is 4.78. The molecule has 0 spiro atoms. The molecule has 5 heteroatoms. The van der Waals surface area contributed by atoms with Gasteiger partial charge in [0.1, 0.15) is 5.82 Å². The molecule has 0 saturated heterocycles. The molecule has 1 heterocycles. The fourth-order valence-corrected chi connectivity index (χ4v) is 1.57. The SMILES string of the molecule is Fc1ccc2c(c1)Oc1c(F)ccc(F)c1O2. The van der Waals surface area contributed by atoms with Gasteiger partial charge in [0.2, 0.25) is 11.5 Å². The van der Waals surface area contributed by atoms with Crippen LogP contribution in [0.1, 0.15) is 0 Å². The second-order valence-electron chi connectivity index (χ2n) is 3.48. The van der Waals surface area contributed by atoms with E-state index in [9.17, 15) is 13.2 Å². The Bertz CT molecular complexity index is 611. The van der Waals surface area contributed by atoms with E-state index in [1.807, 2.05) is 0 Å². The van der Waals surface area contributed by atoms with Gasteiger partial charge >= 0.3 is 0 Å². The van der Waals surface area contributed by atoms with Crippen LogP contribution < -0.4 is 9.47 Å². The smallest absolute Gasteiger partial charge is 0.208 e.